The molecule has 0 aliphatic rings. The lowest BCUT2D eigenvalue weighted by atomic mass is 9.84. The summed E-state index contributed by atoms with van der Waals surface area (Å²) in [6.45, 7) is 12.7. The molecule has 1 atom stereocenters. The maximum atomic E-state index is 12.4. The third kappa shape index (κ3) is 4.93. The van der Waals surface area contributed by atoms with E-state index in [1.807, 2.05) is 59.9 Å². The van der Waals surface area contributed by atoms with Gasteiger partial charge in [-0.2, -0.15) is 0 Å². The van der Waals surface area contributed by atoms with Crippen LogP contribution in [0.1, 0.15) is 52.4 Å². The monoisotopic (exact) mass is 303 g/mol. The molecular weight excluding hydrogens is 274 g/mol. The molecule has 0 aliphatic heterocycles. The number of nitrogens with zero attached hydrogens (tertiary/aromatic N) is 3. The second-order valence-electron chi connectivity index (χ2n) is 6.64. The molecule has 0 radical (unpaired) electrons. The second-order valence-corrected chi connectivity index (χ2v) is 6.64. The van der Waals surface area contributed by atoms with Crippen molar-refractivity contribution in [2.45, 2.75) is 54.0 Å². The van der Waals surface area contributed by atoms with Crippen molar-refractivity contribution >= 4 is 11.6 Å². The number of rotatable bonds is 6. The molecule has 1 aromatic rings. The fourth-order valence-electron chi connectivity index (χ4n) is 2.67. The summed E-state index contributed by atoms with van der Waals surface area (Å²) in [6, 6.07) is 6.01. The zero-order chi connectivity index (χ0) is 16.9. The molecule has 0 aliphatic carbocycles. The molecule has 0 fully saturated rings. The first-order chi connectivity index (χ1) is 10.2. The molecule has 0 saturated heterocycles. The van der Waals surface area contributed by atoms with Gasteiger partial charge in [0.05, 0.1) is 11.4 Å². The van der Waals surface area contributed by atoms with Gasteiger partial charge >= 0.3 is 0 Å². The van der Waals surface area contributed by atoms with Crippen LogP contribution in [0.25, 0.3) is 0 Å². The summed E-state index contributed by atoms with van der Waals surface area (Å²) in [4.78, 5) is 23.4. The van der Waals surface area contributed by atoms with Gasteiger partial charge < -0.3 is 4.90 Å². The summed E-state index contributed by atoms with van der Waals surface area (Å²) >= 11 is 0. The molecule has 4 heteroatoms. The van der Waals surface area contributed by atoms with Gasteiger partial charge in [-0.3, -0.25) is 14.8 Å². The first kappa shape index (κ1) is 18.3. The van der Waals surface area contributed by atoms with Crippen LogP contribution in [0.5, 0.6) is 0 Å². The number of amides is 1. The molecule has 0 saturated carbocycles. The first-order valence-electron chi connectivity index (χ1n) is 7.91. The van der Waals surface area contributed by atoms with Gasteiger partial charge in [-0.05, 0) is 46.2 Å². The van der Waals surface area contributed by atoms with Gasteiger partial charge in [0, 0.05) is 30.7 Å². The zero-order valence-corrected chi connectivity index (χ0v) is 15.0. The van der Waals surface area contributed by atoms with Crippen LogP contribution in [0.3, 0.4) is 0 Å². The Bertz CT molecular complexity index is 549. The number of aromatic nitrogens is 1. The van der Waals surface area contributed by atoms with Crippen molar-refractivity contribution in [3.8, 4) is 0 Å². The van der Waals surface area contributed by atoms with E-state index in [-0.39, 0.29) is 11.9 Å². The smallest absolute Gasteiger partial charge is 0.228 e. The number of hydrogen-bond acceptors (Lipinski definition) is 3. The Morgan fingerprint density at radius 3 is 2.59 bits per heavy atom. The van der Waals surface area contributed by atoms with Gasteiger partial charge in [0.25, 0.3) is 0 Å². The van der Waals surface area contributed by atoms with Crippen molar-refractivity contribution in [1.29, 1.82) is 0 Å². The summed E-state index contributed by atoms with van der Waals surface area (Å²) in [5, 5.41) is 0. The Morgan fingerprint density at radius 2 is 2.05 bits per heavy atom. The largest absolute Gasteiger partial charge is 0.346 e. The average molecular weight is 303 g/mol. The molecule has 1 heterocycles. The SMILES string of the molecule is CCN(C)C(=O)C(C)(C)CC(C)N=C(C)c1cccc(C)n1. The summed E-state index contributed by atoms with van der Waals surface area (Å²) in [5.41, 5.74) is 2.40. The minimum absolute atomic E-state index is 0.0755. The summed E-state index contributed by atoms with van der Waals surface area (Å²) < 4.78 is 0. The minimum Gasteiger partial charge on any atom is -0.346 e. The average Bonchev–Trinajstić information content (AvgIpc) is 2.44. The topological polar surface area (TPSA) is 45.6 Å². The van der Waals surface area contributed by atoms with E-state index < -0.39 is 5.41 Å². The highest BCUT2D eigenvalue weighted by Gasteiger charge is 2.31. The molecule has 0 bridgehead atoms. The van der Waals surface area contributed by atoms with Crippen molar-refractivity contribution < 1.29 is 4.79 Å². The lowest BCUT2D eigenvalue weighted by Gasteiger charge is -2.30. The number of aliphatic imine (C=N–C) groups is 1. The highest BCUT2D eigenvalue weighted by atomic mass is 16.2. The fraction of sp³-hybridized carbons (Fsp3) is 0.611. The van der Waals surface area contributed by atoms with Gasteiger partial charge in [-0.25, -0.2) is 0 Å². The lowest BCUT2D eigenvalue weighted by Crippen LogP contribution is -2.39. The van der Waals surface area contributed by atoms with E-state index in [1.54, 1.807) is 4.90 Å². The van der Waals surface area contributed by atoms with Gasteiger partial charge in [0.15, 0.2) is 0 Å². The quantitative estimate of drug-likeness (QED) is 0.755. The molecule has 0 aromatic carbocycles. The van der Waals surface area contributed by atoms with E-state index in [2.05, 4.69) is 11.9 Å². The number of pyridine rings is 1. The Kier molecular flexibility index (Phi) is 6.27. The number of carbonyl (C=O) groups is 1. The van der Waals surface area contributed by atoms with E-state index in [4.69, 9.17) is 4.99 Å². The molecular formula is C18H29N3O. The van der Waals surface area contributed by atoms with Crippen LogP contribution < -0.4 is 0 Å². The lowest BCUT2D eigenvalue weighted by molar-refractivity contribution is -0.139. The van der Waals surface area contributed by atoms with Crippen LogP contribution in [0.2, 0.25) is 0 Å². The van der Waals surface area contributed by atoms with Crippen LogP contribution in [-0.2, 0) is 4.79 Å². The molecule has 1 unspecified atom stereocenters. The van der Waals surface area contributed by atoms with Crippen molar-refractivity contribution in [1.82, 2.24) is 9.88 Å². The first-order valence-corrected chi connectivity index (χ1v) is 7.91. The highest BCUT2D eigenvalue weighted by Crippen LogP contribution is 2.26. The van der Waals surface area contributed by atoms with Gasteiger partial charge in [0.2, 0.25) is 5.91 Å². The third-order valence-corrected chi connectivity index (χ3v) is 3.88. The fourth-order valence-corrected chi connectivity index (χ4v) is 2.67. The van der Waals surface area contributed by atoms with E-state index in [0.29, 0.717) is 0 Å². The molecule has 22 heavy (non-hydrogen) atoms. The zero-order valence-electron chi connectivity index (χ0n) is 15.0. The van der Waals surface area contributed by atoms with Crippen molar-refractivity contribution in [3.63, 3.8) is 0 Å². The van der Waals surface area contributed by atoms with Crippen molar-refractivity contribution in [2.24, 2.45) is 10.4 Å². The van der Waals surface area contributed by atoms with E-state index in [1.165, 1.54) is 0 Å². The Labute approximate surface area is 134 Å². The maximum absolute atomic E-state index is 12.4. The summed E-state index contributed by atoms with van der Waals surface area (Å²) in [6.07, 6.45) is 0.722. The standard InChI is InChI=1S/C18H29N3O/c1-8-21(7)17(22)18(5,6)12-14(3)19-15(4)16-11-9-10-13(2)20-16/h9-11,14H,8,12H2,1-7H3. The molecule has 0 N–H and O–H groups in total. The minimum atomic E-state index is -0.409. The Hall–Kier alpha value is -1.71. The van der Waals surface area contributed by atoms with Gasteiger partial charge in [-0.1, -0.05) is 19.9 Å². The maximum Gasteiger partial charge on any atom is 0.228 e. The molecule has 1 amide bonds. The normalized spacial score (nSPS) is 13.9. The molecule has 122 valence electrons. The molecule has 4 nitrogen and oxygen atoms in total. The second kappa shape index (κ2) is 7.52. The van der Waals surface area contributed by atoms with E-state index in [9.17, 15) is 4.79 Å². The predicted molar refractivity (Wildman–Crippen MR) is 92.4 cm³/mol. The Morgan fingerprint density at radius 1 is 1.41 bits per heavy atom. The van der Waals surface area contributed by atoms with Crippen molar-refractivity contribution in [3.05, 3.63) is 29.6 Å². The van der Waals surface area contributed by atoms with Crippen LogP contribution in [0.4, 0.5) is 0 Å². The van der Waals surface area contributed by atoms with Crippen LogP contribution >= 0.6 is 0 Å². The van der Waals surface area contributed by atoms with Gasteiger partial charge in [0.1, 0.15) is 0 Å². The molecule has 1 aromatic heterocycles. The predicted octanol–water partition coefficient (Wildman–Crippen LogP) is 3.48. The summed E-state index contributed by atoms with van der Waals surface area (Å²) in [7, 11) is 1.85. The Balaban J connectivity index is 2.82. The van der Waals surface area contributed by atoms with Crippen LogP contribution in [-0.4, -0.2) is 41.1 Å². The van der Waals surface area contributed by atoms with Crippen LogP contribution in [0.15, 0.2) is 23.2 Å². The van der Waals surface area contributed by atoms with Gasteiger partial charge in [-0.15, -0.1) is 0 Å². The molecule has 1 rings (SSSR count). The van der Waals surface area contributed by atoms with E-state index >= 15 is 0 Å². The molecule has 0 spiro atoms. The van der Waals surface area contributed by atoms with E-state index in [0.717, 1.165) is 30.1 Å². The highest BCUT2D eigenvalue weighted by molar-refractivity contribution is 5.97. The van der Waals surface area contributed by atoms with Crippen LogP contribution in [0, 0.1) is 12.3 Å². The number of aryl methyl sites for hydroxylation is 1. The van der Waals surface area contributed by atoms with Crippen molar-refractivity contribution in [2.75, 3.05) is 13.6 Å². The number of hydrogen-bond donors (Lipinski definition) is 0. The number of carbonyl (C=O) groups excluding carboxylic acids is 1. The third-order valence-electron chi connectivity index (χ3n) is 3.88. The summed E-state index contributed by atoms with van der Waals surface area (Å²) in [5.74, 6) is 0.170.